The number of amides is 2. The van der Waals surface area contributed by atoms with Crippen LogP contribution in [0.15, 0.2) is 42.5 Å². The number of nitrogens with one attached hydrogen (secondary N) is 2. The first kappa shape index (κ1) is 13.4. The third kappa shape index (κ3) is 2.54. The van der Waals surface area contributed by atoms with Gasteiger partial charge in [0.05, 0.1) is 0 Å². The summed E-state index contributed by atoms with van der Waals surface area (Å²) < 4.78 is 0. The van der Waals surface area contributed by atoms with Gasteiger partial charge in [0.2, 0.25) is 0 Å². The van der Waals surface area contributed by atoms with Gasteiger partial charge in [-0.25, -0.2) is 9.59 Å². The van der Waals surface area contributed by atoms with E-state index >= 15 is 0 Å². The largest absolute Gasteiger partial charge is 0.480 e. The summed E-state index contributed by atoms with van der Waals surface area (Å²) in [6.07, 6.45) is 1.78. The summed E-state index contributed by atoms with van der Waals surface area (Å²) >= 11 is 0. The molecule has 5 heteroatoms. The molecule has 0 radical (unpaired) electrons. The number of carboxylic acid groups (broad SMARTS) is 1. The molecular formula is C16H16N2O3. The molecule has 3 rings (SSSR count). The van der Waals surface area contributed by atoms with E-state index in [1.54, 1.807) is 6.07 Å². The van der Waals surface area contributed by atoms with Gasteiger partial charge in [-0.15, -0.1) is 0 Å². The number of aliphatic carboxylic acids is 1. The summed E-state index contributed by atoms with van der Waals surface area (Å²) in [5.41, 5.74) is -0.452. The molecule has 108 valence electrons. The Kier molecular flexibility index (Phi) is 3.25. The first-order chi connectivity index (χ1) is 10.1. The normalized spacial score (nSPS) is 16.0. The van der Waals surface area contributed by atoms with Gasteiger partial charge in [0.15, 0.2) is 0 Å². The average molecular weight is 284 g/mol. The van der Waals surface area contributed by atoms with Gasteiger partial charge in [-0.1, -0.05) is 30.3 Å². The van der Waals surface area contributed by atoms with Crippen LogP contribution in [-0.2, 0) is 4.79 Å². The number of carboxylic acids is 1. The second-order valence-corrected chi connectivity index (χ2v) is 5.38. The van der Waals surface area contributed by atoms with Gasteiger partial charge in [-0.3, -0.25) is 0 Å². The number of carbonyl (C=O) groups is 2. The zero-order valence-electron chi connectivity index (χ0n) is 11.4. The van der Waals surface area contributed by atoms with Crippen molar-refractivity contribution in [3.63, 3.8) is 0 Å². The molecular weight excluding hydrogens is 268 g/mol. The van der Waals surface area contributed by atoms with Gasteiger partial charge in [0.1, 0.15) is 5.54 Å². The van der Waals surface area contributed by atoms with Crippen LogP contribution in [0.3, 0.4) is 0 Å². The number of rotatable bonds is 3. The molecule has 2 aromatic carbocycles. The Hall–Kier alpha value is -2.56. The van der Waals surface area contributed by atoms with Crippen LogP contribution in [0.4, 0.5) is 10.5 Å². The fourth-order valence-corrected chi connectivity index (χ4v) is 2.57. The standard InChI is InChI=1S/C16H16N2O3/c19-14(20)16(8-3-9-16)18-15(21)17-13-7-6-11-4-1-2-5-12(11)10-13/h1-2,4-7,10H,3,8-9H2,(H,19,20)(H2,17,18,21). The highest BCUT2D eigenvalue weighted by molar-refractivity contribution is 5.96. The number of urea groups is 1. The van der Waals surface area contributed by atoms with E-state index in [9.17, 15) is 14.7 Å². The van der Waals surface area contributed by atoms with Crippen LogP contribution in [0.1, 0.15) is 19.3 Å². The fourth-order valence-electron chi connectivity index (χ4n) is 2.57. The number of anilines is 1. The zero-order valence-corrected chi connectivity index (χ0v) is 11.4. The lowest BCUT2D eigenvalue weighted by Gasteiger charge is -2.38. The van der Waals surface area contributed by atoms with E-state index in [2.05, 4.69) is 10.6 Å². The van der Waals surface area contributed by atoms with Crippen molar-refractivity contribution in [1.82, 2.24) is 5.32 Å². The Bertz CT molecular complexity index is 707. The number of fused-ring (bicyclic) bond motifs is 1. The highest BCUT2D eigenvalue weighted by atomic mass is 16.4. The topological polar surface area (TPSA) is 78.4 Å². The molecule has 1 fully saturated rings. The lowest BCUT2D eigenvalue weighted by Crippen LogP contribution is -2.60. The van der Waals surface area contributed by atoms with Gasteiger partial charge < -0.3 is 15.7 Å². The number of hydrogen-bond acceptors (Lipinski definition) is 2. The van der Waals surface area contributed by atoms with Crippen LogP contribution < -0.4 is 10.6 Å². The molecule has 0 unspecified atom stereocenters. The molecule has 0 bridgehead atoms. The van der Waals surface area contributed by atoms with E-state index in [1.165, 1.54) is 0 Å². The smallest absolute Gasteiger partial charge is 0.329 e. The molecule has 21 heavy (non-hydrogen) atoms. The maximum absolute atomic E-state index is 12.0. The third-order valence-corrected chi connectivity index (χ3v) is 3.98. The summed E-state index contributed by atoms with van der Waals surface area (Å²) in [4.78, 5) is 23.2. The van der Waals surface area contributed by atoms with Gasteiger partial charge in [-0.2, -0.15) is 0 Å². The van der Waals surface area contributed by atoms with Crippen molar-refractivity contribution < 1.29 is 14.7 Å². The van der Waals surface area contributed by atoms with Crippen molar-refractivity contribution in [1.29, 1.82) is 0 Å². The van der Waals surface area contributed by atoms with Crippen LogP contribution in [0.5, 0.6) is 0 Å². The minimum absolute atomic E-state index is 0.479. The molecule has 0 heterocycles. The Balaban J connectivity index is 1.72. The van der Waals surface area contributed by atoms with Crippen molar-refractivity contribution in [3.8, 4) is 0 Å². The van der Waals surface area contributed by atoms with E-state index < -0.39 is 17.5 Å². The van der Waals surface area contributed by atoms with E-state index in [1.807, 2.05) is 36.4 Å². The summed E-state index contributed by atoms with van der Waals surface area (Å²) in [5.74, 6) is -0.970. The summed E-state index contributed by atoms with van der Waals surface area (Å²) in [5, 5.41) is 16.6. The second kappa shape index (κ2) is 5.09. The van der Waals surface area contributed by atoms with E-state index in [4.69, 9.17) is 0 Å². The third-order valence-electron chi connectivity index (χ3n) is 3.98. The highest BCUT2D eigenvalue weighted by Crippen LogP contribution is 2.32. The van der Waals surface area contributed by atoms with E-state index in [-0.39, 0.29) is 0 Å². The van der Waals surface area contributed by atoms with E-state index in [0.717, 1.165) is 17.2 Å². The predicted octanol–water partition coefficient (Wildman–Crippen LogP) is 2.97. The maximum atomic E-state index is 12.0. The molecule has 2 amide bonds. The molecule has 3 N–H and O–H groups in total. The van der Waals surface area contributed by atoms with Gasteiger partial charge in [0.25, 0.3) is 0 Å². The average Bonchev–Trinajstić information content (AvgIpc) is 2.42. The van der Waals surface area contributed by atoms with Gasteiger partial charge >= 0.3 is 12.0 Å². The zero-order chi connectivity index (χ0) is 14.9. The SMILES string of the molecule is O=C(Nc1ccc2ccccc2c1)NC1(C(=O)O)CCC1. The van der Waals surface area contributed by atoms with Crippen LogP contribution in [0.2, 0.25) is 0 Å². The quantitative estimate of drug-likeness (QED) is 0.810. The van der Waals surface area contributed by atoms with Crippen LogP contribution in [0, 0.1) is 0 Å². The van der Waals surface area contributed by atoms with Crippen LogP contribution >= 0.6 is 0 Å². The Labute approximate surface area is 122 Å². The summed E-state index contributed by atoms with van der Waals surface area (Å²) in [6, 6.07) is 12.9. The summed E-state index contributed by atoms with van der Waals surface area (Å²) in [7, 11) is 0. The molecule has 0 aliphatic heterocycles. The minimum Gasteiger partial charge on any atom is -0.480 e. The highest BCUT2D eigenvalue weighted by Gasteiger charge is 2.45. The lowest BCUT2D eigenvalue weighted by atomic mass is 9.77. The Morgan fingerprint density at radius 2 is 1.76 bits per heavy atom. The number of benzene rings is 2. The monoisotopic (exact) mass is 284 g/mol. The molecule has 0 aromatic heterocycles. The second-order valence-electron chi connectivity index (χ2n) is 5.38. The molecule has 1 aliphatic carbocycles. The van der Waals surface area contributed by atoms with Crippen molar-refractivity contribution in [2.75, 3.05) is 5.32 Å². The molecule has 2 aromatic rings. The lowest BCUT2D eigenvalue weighted by molar-refractivity contribution is -0.148. The van der Waals surface area contributed by atoms with Crippen molar-refractivity contribution >= 4 is 28.5 Å². The molecule has 5 nitrogen and oxygen atoms in total. The minimum atomic E-state index is -1.10. The predicted molar refractivity (Wildman–Crippen MR) is 80.3 cm³/mol. The molecule has 1 saturated carbocycles. The summed E-state index contributed by atoms with van der Waals surface area (Å²) in [6.45, 7) is 0. The Morgan fingerprint density at radius 1 is 1.05 bits per heavy atom. The first-order valence-electron chi connectivity index (χ1n) is 6.90. The van der Waals surface area contributed by atoms with Crippen molar-refractivity contribution in [2.24, 2.45) is 0 Å². The van der Waals surface area contributed by atoms with E-state index in [0.29, 0.717) is 18.5 Å². The van der Waals surface area contributed by atoms with Crippen LogP contribution in [-0.4, -0.2) is 22.6 Å². The fraction of sp³-hybridized carbons (Fsp3) is 0.250. The Morgan fingerprint density at radius 3 is 2.38 bits per heavy atom. The maximum Gasteiger partial charge on any atom is 0.329 e. The van der Waals surface area contributed by atoms with Crippen molar-refractivity contribution in [3.05, 3.63) is 42.5 Å². The molecule has 0 spiro atoms. The molecule has 1 aliphatic rings. The molecule has 0 saturated heterocycles. The van der Waals surface area contributed by atoms with Crippen LogP contribution in [0.25, 0.3) is 10.8 Å². The molecule has 0 atom stereocenters. The first-order valence-corrected chi connectivity index (χ1v) is 6.90. The van der Waals surface area contributed by atoms with Gasteiger partial charge in [0, 0.05) is 5.69 Å². The van der Waals surface area contributed by atoms with Crippen molar-refractivity contribution in [2.45, 2.75) is 24.8 Å². The number of carbonyl (C=O) groups excluding carboxylic acids is 1. The van der Waals surface area contributed by atoms with Gasteiger partial charge in [-0.05, 0) is 42.2 Å². The number of hydrogen-bond donors (Lipinski definition) is 3.